The van der Waals surface area contributed by atoms with E-state index < -0.39 is 18.1 Å². The Hall–Kier alpha value is -1.47. The van der Waals surface area contributed by atoms with Gasteiger partial charge in [-0.15, -0.1) is 11.3 Å². The third-order valence-corrected chi connectivity index (χ3v) is 4.67. The number of aromatic nitrogens is 1. The van der Waals surface area contributed by atoms with Gasteiger partial charge in [0.15, 0.2) is 6.10 Å². The van der Waals surface area contributed by atoms with Gasteiger partial charge in [-0.1, -0.05) is 20.8 Å². The molecule has 2 rings (SSSR count). The van der Waals surface area contributed by atoms with Crippen LogP contribution >= 0.6 is 11.3 Å². The van der Waals surface area contributed by atoms with E-state index in [0.29, 0.717) is 12.2 Å². The van der Waals surface area contributed by atoms with Crippen LogP contribution in [-0.4, -0.2) is 46.1 Å². The van der Waals surface area contributed by atoms with Crippen molar-refractivity contribution in [3.8, 4) is 0 Å². The standard InChI is InChI=1S/C14H20N2O4S/c1-5-16-9(17)6-20-11(12(18)19)10(16)8-7-21-13(15-8)14(2,3)4/h7,10-11H,5-6H2,1-4H3,(H,18,19). The van der Waals surface area contributed by atoms with E-state index in [1.165, 1.54) is 16.2 Å². The van der Waals surface area contributed by atoms with Crippen molar-refractivity contribution in [1.29, 1.82) is 0 Å². The number of aliphatic carboxylic acids is 1. The van der Waals surface area contributed by atoms with Gasteiger partial charge in [0, 0.05) is 17.3 Å². The summed E-state index contributed by atoms with van der Waals surface area (Å²) < 4.78 is 5.22. The number of likely N-dealkylation sites (N-methyl/N-ethyl adjacent to an activating group) is 1. The van der Waals surface area contributed by atoms with E-state index in [1.54, 1.807) is 0 Å². The average molecular weight is 312 g/mol. The molecule has 0 saturated carbocycles. The van der Waals surface area contributed by atoms with Crippen molar-refractivity contribution >= 4 is 23.2 Å². The minimum Gasteiger partial charge on any atom is -0.479 e. The molecule has 0 aromatic carbocycles. The van der Waals surface area contributed by atoms with E-state index in [4.69, 9.17) is 4.74 Å². The van der Waals surface area contributed by atoms with E-state index in [-0.39, 0.29) is 17.9 Å². The number of rotatable bonds is 3. The van der Waals surface area contributed by atoms with E-state index in [2.05, 4.69) is 4.98 Å². The number of thiazole rings is 1. The van der Waals surface area contributed by atoms with E-state index in [1.807, 2.05) is 33.1 Å². The van der Waals surface area contributed by atoms with Gasteiger partial charge in [0.1, 0.15) is 12.6 Å². The Labute approximate surface area is 127 Å². The van der Waals surface area contributed by atoms with Crippen molar-refractivity contribution in [3.05, 3.63) is 16.1 Å². The SMILES string of the molecule is CCN1C(=O)COC(C(=O)O)C1c1csc(C(C)(C)C)n1. The topological polar surface area (TPSA) is 79.7 Å². The molecule has 116 valence electrons. The molecular formula is C14H20N2O4S. The van der Waals surface area contributed by atoms with Crippen LogP contribution in [0.2, 0.25) is 0 Å². The molecule has 1 saturated heterocycles. The van der Waals surface area contributed by atoms with Crippen LogP contribution < -0.4 is 0 Å². The zero-order valence-corrected chi connectivity index (χ0v) is 13.4. The third kappa shape index (κ3) is 3.08. The second-order valence-corrected chi connectivity index (χ2v) is 6.88. The first-order valence-corrected chi connectivity index (χ1v) is 7.73. The summed E-state index contributed by atoms with van der Waals surface area (Å²) in [5.41, 5.74) is 0.477. The van der Waals surface area contributed by atoms with Crippen molar-refractivity contribution in [2.24, 2.45) is 0 Å². The molecule has 0 radical (unpaired) electrons. The lowest BCUT2D eigenvalue weighted by atomic mass is 9.98. The van der Waals surface area contributed by atoms with Crippen LogP contribution in [0.15, 0.2) is 5.38 Å². The van der Waals surface area contributed by atoms with Gasteiger partial charge < -0.3 is 14.7 Å². The molecule has 0 aliphatic carbocycles. The molecule has 1 aliphatic heterocycles. The number of carbonyl (C=O) groups is 2. The number of hydrogen-bond acceptors (Lipinski definition) is 5. The number of morpholine rings is 1. The second-order valence-electron chi connectivity index (χ2n) is 6.02. The Bertz CT molecular complexity index is 547. The van der Waals surface area contributed by atoms with Gasteiger partial charge in [-0.25, -0.2) is 9.78 Å². The van der Waals surface area contributed by atoms with Crippen molar-refractivity contribution in [2.75, 3.05) is 13.2 Å². The number of ether oxygens (including phenoxy) is 1. The molecule has 1 aromatic heterocycles. The smallest absolute Gasteiger partial charge is 0.335 e. The maximum absolute atomic E-state index is 12.0. The Kier molecular flexibility index (Phi) is 4.34. The monoisotopic (exact) mass is 312 g/mol. The Morgan fingerprint density at radius 2 is 2.24 bits per heavy atom. The Morgan fingerprint density at radius 1 is 1.57 bits per heavy atom. The summed E-state index contributed by atoms with van der Waals surface area (Å²) in [5.74, 6) is -1.28. The summed E-state index contributed by atoms with van der Waals surface area (Å²) in [4.78, 5) is 29.5. The molecule has 2 atom stereocenters. The molecule has 2 unspecified atom stereocenters. The van der Waals surface area contributed by atoms with Gasteiger partial charge in [0.2, 0.25) is 5.91 Å². The van der Waals surface area contributed by atoms with Crippen LogP contribution in [0.5, 0.6) is 0 Å². The average Bonchev–Trinajstić information content (AvgIpc) is 2.86. The lowest BCUT2D eigenvalue weighted by Gasteiger charge is -2.37. The highest BCUT2D eigenvalue weighted by atomic mass is 32.1. The normalized spacial score (nSPS) is 23.4. The van der Waals surface area contributed by atoms with Gasteiger partial charge in [-0.05, 0) is 6.92 Å². The third-order valence-electron chi connectivity index (χ3n) is 3.38. The zero-order valence-electron chi connectivity index (χ0n) is 12.6. The molecule has 1 N–H and O–H groups in total. The van der Waals surface area contributed by atoms with Crippen molar-refractivity contribution in [3.63, 3.8) is 0 Å². The highest BCUT2D eigenvalue weighted by molar-refractivity contribution is 7.09. The molecule has 1 amide bonds. The maximum atomic E-state index is 12.0. The highest BCUT2D eigenvalue weighted by Gasteiger charge is 2.42. The molecule has 1 aliphatic rings. The molecule has 2 heterocycles. The molecule has 7 heteroatoms. The summed E-state index contributed by atoms with van der Waals surface area (Å²) >= 11 is 1.48. The van der Waals surface area contributed by atoms with E-state index >= 15 is 0 Å². The molecule has 0 bridgehead atoms. The number of carbonyl (C=O) groups excluding carboxylic acids is 1. The number of hydrogen-bond donors (Lipinski definition) is 1. The van der Waals surface area contributed by atoms with E-state index in [0.717, 1.165) is 5.01 Å². The quantitative estimate of drug-likeness (QED) is 0.921. The predicted octanol–water partition coefficient (Wildman–Crippen LogP) is 1.81. The highest BCUT2D eigenvalue weighted by Crippen LogP contribution is 2.34. The van der Waals surface area contributed by atoms with Gasteiger partial charge in [0.05, 0.1) is 10.7 Å². The van der Waals surface area contributed by atoms with Crippen LogP contribution in [0.4, 0.5) is 0 Å². The summed E-state index contributed by atoms with van der Waals surface area (Å²) in [6.07, 6.45) is -1.07. The van der Waals surface area contributed by atoms with Gasteiger partial charge >= 0.3 is 5.97 Å². The Balaban J connectivity index is 2.41. The summed E-state index contributed by atoms with van der Waals surface area (Å²) in [6.45, 7) is 8.20. The summed E-state index contributed by atoms with van der Waals surface area (Å²) in [7, 11) is 0. The minimum absolute atomic E-state index is 0.113. The molecule has 0 spiro atoms. The molecule has 1 aromatic rings. The van der Waals surface area contributed by atoms with E-state index in [9.17, 15) is 14.7 Å². The minimum atomic E-state index is -1.07. The lowest BCUT2D eigenvalue weighted by molar-refractivity contribution is -0.173. The van der Waals surface area contributed by atoms with Crippen LogP contribution in [0.3, 0.4) is 0 Å². The first-order chi connectivity index (χ1) is 9.75. The summed E-state index contributed by atoms with van der Waals surface area (Å²) in [6, 6.07) is -0.666. The molecule has 1 fully saturated rings. The molecule has 6 nitrogen and oxygen atoms in total. The number of amides is 1. The molecular weight excluding hydrogens is 292 g/mol. The predicted molar refractivity (Wildman–Crippen MR) is 78.3 cm³/mol. The summed E-state index contributed by atoms with van der Waals surface area (Å²) in [5, 5.41) is 12.1. The van der Waals surface area contributed by atoms with Crippen LogP contribution in [-0.2, 0) is 19.7 Å². The maximum Gasteiger partial charge on any atom is 0.335 e. The van der Waals surface area contributed by atoms with Crippen LogP contribution in [0.25, 0.3) is 0 Å². The van der Waals surface area contributed by atoms with Gasteiger partial charge in [-0.2, -0.15) is 0 Å². The Morgan fingerprint density at radius 3 is 2.71 bits per heavy atom. The first kappa shape index (κ1) is 15.9. The van der Waals surface area contributed by atoms with Crippen molar-refractivity contribution in [1.82, 2.24) is 9.88 Å². The number of nitrogens with zero attached hydrogens (tertiary/aromatic N) is 2. The zero-order chi connectivity index (χ0) is 15.8. The first-order valence-electron chi connectivity index (χ1n) is 6.85. The van der Waals surface area contributed by atoms with Crippen molar-refractivity contribution in [2.45, 2.75) is 45.3 Å². The van der Waals surface area contributed by atoms with Gasteiger partial charge in [0.25, 0.3) is 0 Å². The fourth-order valence-electron chi connectivity index (χ4n) is 2.31. The second kappa shape index (κ2) is 5.73. The fourth-order valence-corrected chi connectivity index (χ4v) is 3.25. The van der Waals surface area contributed by atoms with Crippen LogP contribution in [0.1, 0.15) is 44.4 Å². The largest absolute Gasteiger partial charge is 0.479 e. The number of carboxylic acids is 1. The van der Waals surface area contributed by atoms with Crippen LogP contribution in [0, 0.1) is 0 Å². The molecule has 21 heavy (non-hydrogen) atoms. The van der Waals surface area contributed by atoms with Crippen molar-refractivity contribution < 1.29 is 19.4 Å². The van der Waals surface area contributed by atoms with Gasteiger partial charge in [-0.3, -0.25) is 4.79 Å². The number of carboxylic acid groups (broad SMARTS) is 1. The fraction of sp³-hybridized carbons (Fsp3) is 0.643. The lowest BCUT2D eigenvalue weighted by Crippen LogP contribution is -2.51.